The first-order chi connectivity index (χ1) is 10.5. The number of aryl methyl sites for hydroxylation is 1. The number of fused-ring (bicyclic) bond motifs is 1. The first-order valence-corrected chi connectivity index (χ1v) is 7.09. The minimum absolute atomic E-state index is 0.106. The van der Waals surface area contributed by atoms with Gasteiger partial charge in [-0.25, -0.2) is 0 Å². The van der Waals surface area contributed by atoms with E-state index in [1.807, 2.05) is 25.1 Å². The number of carbonyl (C=O) groups excluding carboxylic acids is 2. The van der Waals surface area contributed by atoms with Crippen molar-refractivity contribution in [3.63, 3.8) is 0 Å². The monoisotopic (exact) mass is 299 g/mol. The van der Waals surface area contributed by atoms with Crippen LogP contribution in [-0.2, 0) is 16.1 Å². The second-order valence-corrected chi connectivity index (χ2v) is 5.57. The van der Waals surface area contributed by atoms with Gasteiger partial charge in [-0.3, -0.25) is 9.59 Å². The minimum Gasteiger partial charge on any atom is -0.360 e. The molecule has 0 radical (unpaired) electrons. The highest BCUT2D eigenvalue weighted by Gasteiger charge is 2.33. The number of benzene rings is 1. The number of nitrogens with one attached hydrogen (secondary N) is 1. The van der Waals surface area contributed by atoms with Gasteiger partial charge in [-0.2, -0.15) is 0 Å². The van der Waals surface area contributed by atoms with E-state index in [0.717, 1.165) is 16.8 Å². The molecule has 0 saturated heterocycles. The van der Waals surface area contributed by atoms with E-state index in [-0.39, 0.29) is 18.2 Å². The van der Waals surface area contributed by atoms with Gasteiger partial charge in [0.2, 0.25) is 11.8 Å². The molecule has 6 nitrogen and oxygen atoms in total. The summed E-state index contributed by atoms with van der Waals surface area (Å²) in [5.74, 6) is -0.0459. The van der Waals surface area contributed by atoms with Crippen LogP contribution in [0.5, 0.6) is 0 Å². The van der Waals surface area contributed by atoms with Crippen molar-refractivity contribution in [2.75, 3.05) is 12.4 Å². The molecule has 2 amide bonds. The summed E-state index contributed by atoms with van der Waals surface area (Å²) in [6.45, 7) is 2.31. The Labute approximate surface area is 128 Å². The molecule has 2 heterocycles. The molecule has 0 unspecified atom stereocenters. The van der Waals surface area contributed by atoms with Crippen molar-refractivity contribution in [1.82, 2.24) is 10.1 Å². The highest BCUT2D eigenvalue weighted by molar-refractivity contribution is 6.04. The predicted octanol–water partition coefficient (Wildman–Crippen LogP) is 2.07. The van der Waals surface area contributed by atoms with Gasteiger partial charge in [0, 0.05) is 25.2 Å². The number of nitrogens with zero attached hydrogens (tertiary/aromatic N) is 2. The van der Waals surface area contributed by atoms with Gasteiger partial charge in [0.1, 0.15) is 0 Å². The summed E-state index contributed by atoms with van der Waals surface area (Å²) in [4.78, 5) is 26.0. The summed E-state index contributed by atoms with van der Waals surface area (Å²) in [6.07, 6.45) is 1.68. The van der Waals surface area contributed by atoms with Gasteiger partial charge in [0.05, 0.1) is 18.7 Å². The largest absolute Gasteiger partial charge is 0.360 e. The molecule has 1 aromatic heterocycles. The van der Waals surface area contributed by atoms with Gasteiger partial charge >= 0.3 is 0 Å². The number of aromatic nitrogens is 1. The number of carbonyl (C=O) groups is 2. The maximum Gasteiger partial charge on any atom is 0.232 e. The number of amides is 2. The van der Waals surface area contributed by atoms with E-state index in [4.69, 9.17) is 4.52 Å². The third kappa shape index (κ3) is 2.72. The third-order valence-electron chi connectivity index (χ3n) is 3.85. The minimum atomic E-state index is -0.431. The Morgan fingerprint density at radius 3 is 2.95 bits per heavy atom. The van der Waals surface area contributed by atoms with Crippen LogP contribution in [0.1, 0.15) is 29.2 Å². The second kappa shape index (κ2) is 5.63. The number of anilines is 1. The zero-order valence-corrected chi connectivity index (χ0v) is 12.5. The van der Waals surface area contributed by atoms with Crippen LogP contribution < -0.4 is 5.32 Å². The summed E-state index contributed by atoms with van der Waals surface area (Å²) < 4.78 is 4.99. The van der Waals surface area contributed by atoms with Crippen LogP contribution >= 0.6 is 0 Å². The molecule has 1 N–H and O–H groups in total. The summed E-state index contributed by atoms with van der Waals surface area (Å²) in [7, 11) is 1.69. The maximum atomic E-state index is 12.3. The molecule has 2 aromatic rings. The predicted molar refractivity (Wildman–Crippen MR) is 80.1 cm³/mol. The van der Waals surface area contributed by atoms with Gasteiger partial charge in [0.25, 0.3) is 0 Å². The van der Waals surface area contributed by atoms with Crippen molar-refractivity contribution in [3.05, 3.63) is 47.3 Å². The van der Waals surface area contributed by atoms with E-state index in [1.54, 1.807) is 18.0 Å². The van der Waals surface area contributed by atoms with Gasteiger partial charge < -0.3 is 14.7 Å². The van der Waals surface area contributed by atoms with Gasteiger partial charge in [-0.15, -0.1) is 0 Å². The van der Waals surface area contributed by atoms with E-state index in [9.17, 15) is 9.59 Å². The lowest BCUT2D eigenvalue weighted by Gasteiger charge is -2.17. The van der Waals surface area contributed by atoms with Crippen LogP contribution in [0.3, 0.4) is 0 Å². The second-order valence-electron chi connectivity index (χ2n) is 5.57. The quantitative estimate of drug-likeness (QED) is 0.937. The van der Waals surface area contributed by atoms with Crippen LogP contribution in [0, 0.1) is 6.92 Å². The van der Waals surface area contributed by atoms with Crippen molar-refractivity contribution in [1.29, 1.82) is 0 Å². The molecule has 1 aromatic carbocycles. The molecular weight excluding hydrogens is 282 g/mol. The number of rotatable bonds is 4. The summed E-state index contributed by atoms with van der Waals surface area (Å²) in [5.41, 5.74) is 2.76. The fourth-order valence-corrected chi connectivity index (χ4v) is 2.62. The zero-order chi connectivity index (χ0) is 15.7. The SMILES string of the molecule is Cc1ccc2c(c1)[C@@H](CC(=O)N(C)Cc1ccno1)C(=O)N2. The van der Waals surface area contributed by atoms with E-state index in [1.165, 1.54) is 6.20 Å². The van der Waals surface area contributed by atoms with E-state index in [0.29, 0.717) is 12.3 Å². The van der Waals surface area contributed by atoms with E-state index < -0.39 is 5.92 Å². The molecule has 3 rings (SSSR count). The molecule has 6 heteroatoms. The molecule has 0 bridgehead atoms. The van der Waals surface area contributed by atoms with Crippen LogP contribution in [0.2, 0.25) is 0 Å². The fraction of sp³-hybridized carbons (Fsp3) is 0.312. The standard InChI is InChI=1S/C16H17N3O3/c1-10-3-4-14-12(7-10)13(16(21)18-14)8-15(20)19(2)9-11-5-6-17-22-11/h3-7,13H,8-9H2,1-2H3,(H,18,21)/t13-/m1/s1. The molecule has 0 saturated carbocycles. The van der Waals surface area contributed by atoms with Gasteiger partial charge in [-0.1, -0.05) is 22.9 Å². The smallest absolute Gasteiger partial charge is 0.232 e. The third-order valence-corrected chi connectivity index (χ3v) is 3.85. The Morgan fingerprint density at radius 2 is 2.23 bits per heavy atom. The van der Waals surface area contributed by atoms with Crippen LogP contribution in [0.4, 0.5) is 5.69 Å². The van der Waals surface area contributed by atoms with Crippen molar-refractivity contribution in [2.45, 2.75) is 25.8 Å². The van der Waals surface area contributed by atoms with Crippen LogP contribution in [0.25, 0.3) is 0 Å². The Balaban J connectivity index is 1.72. The average Bonchev–Trinajstić information content (AvgIpc) is 3.08. The Hall–Kier alpha value is -2.63. The first-order valence-electron chi connectivity index (χ1n) is 7.09. The lowest BCUT2D eigenvalue weighted by molar-refractivity contribution is -0.133. The lowest BCUT2D eigenvalue weighted by Crippen LogP contribution is -2.29. The molecular formula is C16H17N3O3. The molecule has 0 aliphatic carbocycles. The summed E-state index contributed by atoms with van der Waals surface area (Å²) in [5, 5.41) is 6.44. The van der Waals surface area contributed by atoms with E-state index in [2.05, 4.69) is 10.5 Å². The fourth-order valence-electron chi connectivity index (χ4n) is 2.62. The first kappa shape index (κ1) is 14.3. The lowest BCUT2D eigenvalue weighted by atomic mass is 9.95. The van der Waals surface area contributed by atoms with Crippen molar-refractivity contribution >= 4 is 17.5 Å². The average molecular weight is 299 g/mol. The molecule has 1 atom stereocenters. The molecule has 22 heavy (non-hydrogen) atoms. The zero-order valence-electron chi connectivity index (χ0n) is 12.5. The summed E-state index contributed by atoms with van der Waals surface area (Å²) >= 11 is 0. The molecule has 1 aliphatic heterocycles. The molecule has 0 fully saturated rings. The molecule has 0 spiro atoms. The molecule has 1 aliphatic rings. The van der Waals surface area contributed by atoms with Crippen molar-refractivity contribution in [3.8, 4) is 0 Å². The van der Waals surface area contributed by atoms with Crippen LogP contribution in [0.15, 0.2) is 35.0 Å². The van der Waals surface area contributed by atoms with Gasteiger partial charge in [0.15, 0.2) is 5.76 Å². The van der Waals surface area contributed by atoms with E-state index >= 15 is 0 Å². The number of hydrogen-bond acceptors (Lipinski definition) is 4. The highest BCUT2D eigenvalue weighted by Crippen LogP contribution is 2.35. The Morgan fingerprint density at radius 1 is 1.41 bits per heavy atom. The summed E-state index contributed by atoms with van der Waals surface area (Å²) in [6, 6.07) is 7.50. The van der Waals surface area contributed by atoms with Crippen molar-refractivity contribution < 1.29 is 14.1 Å². The maximum absolute atomic E-state index is 12.3. The highest BCUT2D eigenvalue weighted by atomic mass is 16.5. The molecule has 114 valence electrons. The van der Waals surface area contributed by atoms with Crippen LogP contribution in [-0.4, -0.2) is 28.9 Å². The topological polar surface area (TPSA) is 75.4 Å². The number of hydrogen-bond donors (Lipinski definition) is 1. The Kier molecular flexibility index (Phi) is 3.66. The van der Waals surface area contributed by atoms with Gasteiger partial charge in [-0.05, 0) is 18.6 Å². The Bertz CT molecular complexity index is 709. The van der Waals surface area contributed by atoms with Crippen molar-refractivity contribution in [2.24, 2.45) is 0 Å². The normalized spacial score (nSPS) is 16.3.